The molecule has 32 heavy (non-hydrogen) atoms. The van der Waals surface area contributed by atoms with Crippen LogP contribution in [0, 0.1) is 0 Å². The Hall–Kier alpha value is -2.04. The number of aromatic nitrogens is 1. The number of halogens is 2. The van der Waals surface area contributed by atoms with Gasteiger partial charge in [-0.2, -0.15) is 0 Å². The minimum absolute atomic E-state index is 0.0692. The van der Waals surface area contributed by atoms with Crippen LogP contribution < -0.4 is 14.5 Å². The van der Waals surface area contributed by atoms with Gasteiger partial charge in [0.15, 0.2) is 21.4 Å². The minimum atomic E-state index is -3.05. The summed E-state index contributed by atoms with van der Waals surface area (Å²) in [5.41, 5.74) is 1.09. The highest BCUT2D eigenvalue weighted by Crippen LogP contribution is 2.46. The average Bonchev–Trinajstić information content (AvgIpc) is 2.83. The van der Waals surface area contributed by atoms with Crippen LogP contribution in [0.4, 0.5) is 22.0 Å². The van der Waals surface area contributed by atoms with Crippen LogP contribution >= 0.6 is 27.5 Å². The Morgan fingerprint density at radius 2 is 1.91 bits per heavy atom. The zero-order valence-electron chi connectivity index (χ0n) is 17.9. The number of hydrogen-bond donors (Lipinski definition) is 0. The van der Waals surface area contributed by atoms with Gasteiger partial charge in [0.1, 0.15) is 12.2 Å². The van der Waals surface area contributed by atoms with Crippen LogP contribution in [0.2, 0.25) is 5.02 Å². The number of carbonyl (C=O) groups is 1. The van der Waals surface area contributed by atoms with Crippen LogP contribution in [0.25, 0.3) is 0 Å². The van der Waals surface area contributed by atoms with E-state index >= 15 is 0 Å². The molecule has 172 valence electrons. The SMILES string of the molecule is CC(C)(C)OC(=O)N1c2cc(Br)cc(Cl)c2OCc2c(N3CCS(=O)(=O)CC3)ccnc21. The Labute approximate surface area is 200 Å². The number of amides is 1. The van der Waals surface area contributed by atoms with Gasteiger partial charge in [-0.15, -0.1) is 0 Å². The van der Waals surface area contributed by atoms with Crippen LogP contribution in [0.1, 0.15) is 26.3 Å². The molecule has 8 nitrogen and oxygen atoms in total. The van der Waals surface area contributed by atoms with E-state index in [1.54, 1.807) is 45.2 Å². The Morgan fingerprint density at radius 3 is 2.56 bits per heavy atom. The van der Waals surface area contributed by atoms with Gasteiger partial charge in [0, 0.05) is 29.4 Å². The topological polar surface area (TPSA) is 89.0 Å². The molecule has 1 amide bonds. The second kappa shape index (κ2) is 8.39. The van der Waals surface area contributed by atoms with Crippen LogP contribution in [0.15, 0.2) is 28.9 Å². The Balaban J connectivity index is 1.85. The maximum atomic E-state index is 13.3. The lowest BCUT2D eigenvalue weighted by Crippen LogP contribution is -2.41. The fraction of sp³-hybridized carbons (Fsp3) is 0.429. The van der Waals surface area contributed by atoms with E-state index in [1.165, 1.54) is 4.90 Å². The molecule has 0 aliphatic carbocycles. The number of fused-ring (bicyclic) bond motifs is 2. The standard InChI is InChI=1S/C21H23BrClN3O5S/c1-21(2,3)31-20(27)26-17-11-13(22)10-15(23)18(17)30-12-14-16(4-5-24-19(14)26)25-6-8-32(28,29)9-7-25/h4-5,10-11H,6-9,12H2,1-3H3. The van der Waals surface area contributed by atoms with E-state index in [0.717, 1.165) is 5.69 Å². The van der Waals surface area contributed by atoms with Gasteiger partial charge in [-0.05, 0) is 39.0 Å². The molecule has 2 aliphatic rings. The lowest BCUT2D eigenvalue weighted by molar-refractivity contribution is 0.0598. The number of nitrogens with zero attached hydrogens (tertiary/aromatic N) is 3. The third kappa shape index (κ3) is 4.67. The third-order valence-electron chi connectivity index (χ3n) is 5.07. The molecule has 0 saturated carbocycles. The normalized spacial score (nSPS) is 17.7. The molecule has 1 fully saturated rings. The minimum Gasteiger partial charge on any atom is -0.485 e. The van der Waals surface area contributed by atoms with Crippen molar-refractivity contribution in [3.05, 3.63) is 39.5 Å². The predicted molar refractivity (Wildman–Crippen MR) is 127 cm³/mol. The molecule has 2 aliphatic heterocycles. The second-order valence-corrected chi connectivity index (χ2v) is 12.2. The summed E-state index contributed by atoms with van der Waals surface area (Å²) in [6.45, 7) is 6.16. The van der Waals surface area contributed by atoms with Crippen molar-refractivity contribution in [2.75, 3.05) is 34.4 Å². The van der Waals surface area contributed by atoms with Gasteiger partial charge < -0.3 is 14.4 Å². The van der Waals surface area contributed by atoms with Gasteiger partial charge in [-0.25, -0.2) is 23.1 Å². The molecule has 0 radical (unpaired) electrons. The summed E-state index contributed by atoms with van der Waals surface area (Å²) in [5.74, 6) is 0.837. The molecule has 0 atom stereocenters. The van der Waals surface area contributed by atoms with Crippen molar-refractivity contribution in [3.8, 4) is 5.75 Å². The molecule has 1 saturated heterocycles. The molecule has 0 unspecified atom stereocenters. The summed E-state index contributed by atoms with van der Waals surface area (Å²) in [7, 11) is -3.05. The lowest BCUT2D eigenvalue weighted by Gasteiger charge is -2.32. The number of carbonyl (C=O) groups excluding carboxylic acids is 1. The fourth-order valence-corrected chi connectivity index (χ4v) is 5.71. The smallest absolute Gasteiger partial charge is 0.420 e. The van der Waals surface area contributed by atoms with E-state index in [-0.39, 0.29) is 18.1 Å². The molecule has 0 bridgehead atoms. The number of pyridine rings is 1. The highest BCUT2D eigenvalue weighted by atomic mass is 79.9. The monoisotopic (exact) mass is 543 g/mol. The van der Waals surface area contributed by atoms with Crippen molar-refractivity contribution in [3.63, 3.8) is 0 Å². The Bertz CT molecular complexity index is 1170. The molecule has 3 heterocycles. The van der Waals surface area contributed by atoms with E-state index in [4.69, 9.17) is 21.1 Å². The van der Waals surface area contributed by atoms with Crippen LogP contribution in [-0.4, -0.2) is 49.7 Å². The third-order valence-corrected chi connectivity index (χ3v) is 7.42. The first-order chi connectivity index (χ1) is 15.0. The van der Waals surface area contributed by atoms with Gasteiger partial charge in [0.25, 0.3) is 0 Å². The molecular weight excluding hydrogens is 522 g/mol. The molecule has 2 aromatic rings. The summed E-state index contributed by atoms with van der Waals surface area (Å²) in [5, 5.41) is 0.335. The number of sulfone groups is 1. The predicted octanol–water partition coefficient (Wildman–Crippen LogP) is 4.70. The maximum absolute atomic E-state index is 13.3. The van der Waals surface area contributed by atoms with Gasteiger partial charge in [-0.1, -0.05) is 27.5 Å². The summed E-state index contributed by atoms with van der Waals surface area (Å²) in [4.78, 5) is 21.2. The fourth-order valence-electron chi connectivity index (χ4n) is 3.66. The molecule has 0 N–H and O–H groups in total. The Morgan fingerprint density at radius 1 is 1.22 bits per heavy atom. The molecule has 1 aromatic carbocycles. The molecule has 4 rings (SSSR count). The van der Waals surface area contributed by atoms with Crippen molar-refractivity contribution in [2.45, 2.75) is 33.0 Å². The van der Waals surface area contributed by atoms with Crippen molar-refractivity contribution in [1.29, 1.82) is 0 Å². The van der Waals surface area contributed by atoms with E-state index < -0.39 is 21.5 Å². The van der Waals surface area contributed by atoms with Crippen molar-refractivity contribution < 1.29 is 22.7 Å². The summed E-state index contributed by atoms with van der Waals surface area (Å²) < 4.78 is 36.2. The lowest BCUT2D eigenvalue weighted by atomic mass is 10.1. The maximum Gasteiger partial charge on any atom is 0.420 e. The first-order valence-electron chi connectivity index (χ1n) is 10.0. The zero-order valence-corrected chi connectivity index (χ0v) is 21.1. The molecule has 0 spiro atoms. The van der Waals surface area contributed by atoms with Crippen molar-refractivity contribution in [2.24, 2.45) is 0 Å². The highest BCUT2D eigenvalue weighted by Gasteiger charge is 2.35. The van der Waals surface area contributed by atoms with Crippen molar-refractivity contribution in [1.82, 2.24) is 4.98 Å². The molecule has 1 aromatic heterocycles. The number of anilines is 3. The van der Waals surface area contributed by atoms with Crippen LogP contribution in [-0.2, 0) is 21.2 Å². The first-order valence-corrected chi connectivity index (χ1v) is 13.0. The summed E-state index contributed by atoms with van der Waals surface area (Å²) >= 11 is 9.88. The second-order valence-electron chi connectivity index (χ2n) is 8.61. The van der Waals surface area contributed by atoms with Gasteiger partial charge in [-0.3, -0.25) is 0 Å². The quantitative estimate of drug-likeness (QED) is 0.514. The average molecular weight is 545 g/mol. The van der Waals surface area contributed by atoms with E-state index in [2.05, 4.69) is 20.9 Å². The van der Waals surface area contributed by atoms with Gasteiger partial charge >= 0.3 is 6.09 Å². The summed E-state index contributed by atoms with van der Waals surface area (Å²) in [6.07, 6.45) is 0.977. The number of rotatable bonds is 1. The van der Waals surface area contributed by atoms with E-state index in [9.17, 15) is 13.2 Å². The number of benzene rings is 1. The summed E-state index contributed by atoms with van der Waals surface area (Å²) in [6, 6.07) is 5.22. The number of hydrogen-bond acceptors (Lipinski definition) is 7. The Kier molecular flexibility index (Phi) is 6.06. The van der Waals surface area contributed by atoms with E-state index in [0.29, 0.717) is 45.4 Å². The molecule has 11 heteroatoms. The van der Waals surface area contributed by atoms with Gasteiger partial charge in [0.2, 0.25) is 0 Å². The van der Waals surface area contributed by atoms with Crippen LogP contribution in [0.3, 0.4) is 0 Å². The molecular formula is C21H23BrClN3O5S. The van der Waals surface area contributed by atoms with Gasteiger partial charge in [0.05, 0.1) is 27.8 Å². The van der Waals surface area contributed by atoms with E-state index in [1.807, 2.05) is 4.90 Å². The zero-order chi connectivity index (χ0) is 23.3. The highest BCUT2D eigenvalue weighted by molar-refractivity contribution is 9.10. The largest absolute Gasteiger partial charge is 0.485 e. The number of ether oxygens (including phenoxy) is 2. The van der Waals surface area contributed by atoms with Crippen LogP contribution in [0.5, 0.6) is 5.75 Å². The van der Waals surface area contributed by atoms with Crippen molar-refractivity contribution >= 4 is 60.7 Å². The first kappa shape index (κ1) is 23.1.